The van der Waals surface area contributed by atoms with Crippen LogP contribution in [0.1, 0.15) is 19.8 Å². The lowest BCUT2D eigenvalue weighted by molar-refractivity contribution is 0.198. The maximum absolute atomic E-state index is 7.57. The Bertz CT molecular complexity index is 28.2. The zero-order chi connectivity index (χ0) is 8.24. The van der Waals surface area contributed by atoms with Crippen LogP contribution in [0.2, 0.25) is 0 Å². The number of rotatable bonds is 0. The molecule has 3 nitrogen and oxygen atoms in total. The first-order valence-electron chi connectivity index (χ1n) is 3.55. The average molecular weight is 150 g/mol. The van der Waals surface area contributed by atoms with E-state index in [-0.39, 0.29) is 6.61 Å². The van der Waals surface area contributed by atoms with Crippen LogP contribution in [-0.4, -0.2) is 37.1 Å². The molecular formula is C7H18O3. The summed E-state index contributed by atoms with van der Waals surface area (Å²) in [5, 5.41) is 14.6. The van der Waals surface area contributed by atoms with E-state index in [4.69, 9.17) is 14.9 Å². The van der Waals surface area contributed by atoms with Gasteiger partial charge in [0.15, 0.2) is 0 Å². The second-order valence-corrected chi connectivity index (χ2v) is 1.64. The Morgan fingerprint density at radius 2 is 1.50 bits per heavy atom. The largest absolute Gasteiger partial charge is 0.400 e. The molecule has 0 bridgehead atoms. The molecule has 1 heterocycles. The van der Waals surface area contributed by atoms with Crippen LogP contribution in [0.3, 0.4) is 0 Å². The van der Waals surface area contributed by atoms with E-state index < -0.39 is 0 Å². The molecule has 0 aliphatic carbocycles. The maximum atomic E-state index is 7.57. The van der Waals surface area contributed by atoms with Crippen LogP contribution in [0.25, 0.3) is 0 Å². The molecule has 64 valence electrons. The zero-order valence-electron chi connectivity index (χ0n) is 6.84. The van der Waals surface area contributed by atoms with Crippen molar-refractivity contribution < 1.29 is 14.9 Å². The number of aliphatic hydroxyl groups excluding tert-OH is 2. The normalized spacial score (nSPS) is 14.4. The van der Waals surface area contributed by atoms with Gasteiger partial charge < -0.3 is 14.9 Å². The molecule has 1 fully saturated rings. The molecule has 1 aliphatic heterocycles. The van der Waals surface area contributed by atoms with Gasteiger partial charge >= 0.3 is 0 Å². The smallest absolute Gasteiger partial charge is 0.0466 e. The molecule has 0 atom stereocenters. The Kier molecular flexibility index (Phi) is 20.0. The van der Waals surface area contributed by atoms with Crippen LogP contribution < -0.4 is 0 Å². The molecule has 0 unspecified atom stereocenters. The van der Waals surface area contributed by atoms with E-state index in [1.807, 2.05) is 0 Å². The minimum atomic E-state index is 0.250. The molecule has 1 saturated heterocycles. The van der Waals surface area contributed by atoms with Crippen molar-refractivity contribution in [3.63, 3.8) is 0 Å². The lowest BCUT2D eigenvalue weighted by Crippen LogP contribution is -1.74. The maximum Gasteiger partial charge on any atom is 0.0466 e. The Balaban J connectivity index is 0. The number of hydrogen-bond donors (Lipinski definition) is 2. The highest BCUT2D eigenvalue weighted by Gasteiger charge is 1.94. The summed E-state index contributed by atoms with van der Waals surface area (Å²) in [6, 6.07) is 0. The van der Waals surface area contributed by atoms with Crippen molar-refractivity contribution in [2.45, 2.75) is 19.8 Å². The highest BCUT2D eigenvalue weighted by molar-refractivity contribution is 4.43. The number of hydrogen-bond acceptors (Lipinski definition) is 3. The molecule has 0 aromatic heterocycles. The third kappa shape index (κ3) is 15.7. The van der Waals surface area contributed by atoms with Crippen molar-refractivity contribution in [3.05, 3.63) is 0 Å². The summed E-state index contributed by atoms with van der Waals surface area (Å²) >= 11 is 0. The van der Waals surface area contributed by atoms with Crippen molar-refractivity contribution in [2.24, 2.45) is 0 Å². The molecule has 10 heavy (non-hydrogen) atoms. The second kappa shape index (κ2) is 15.9. The van der Waals surface area contributed by atoms with Crippen LogP contribution in [0, 0.1) is 0 Å². The van der Waals surface area contributed by atoms with Gasteiger partial charge in [-0.15, -0.1) is 0 Å². The Hall–Kier alpha value is -0.120. The fraction of sp³-hybridized carbons (Fsp3) is 1.00. The van der Waals surface area contributed by atoms with Crippen molar-refractivity contribution in [3.8, 4) is 0 Å². The second-order valence-electron chi connectivity index (χ2n) is 1.64. The number of ether oxygens (including phenoxy) is 1. The summed E-state index contributed by atoms with van der Waals surface area (Å²) in [7, 11) is 1.00. The highest BCUT2D eigenvalue weighted by Crippen LogP contribution is 1.98. The van der Waals surface area contributed by atoms with Crippen LogP contribution in [0.4, 0.5) is 0 Å². The predicted octanol–water partition coefficient (Wildman–Crippen LogP) is 0.404. The summed E-state index contributed by atoms with van der Waals surface area (Å²) in [6.45, 7) is 3.93. The Labute approximate surface area is 62.6 Å². The molecule has 0 amide bonds. The van der Waals surface area contributed by atoms with Gasteiger partial charge in [0.05, 0.1) is 0 Å². The zero-order valence-corrected chi connectivity index (χ0v) is 6.84. The Morgan fingerprint density at radius 1 is 1.20 bits per heavy atom. The summed E-state index contributed by atoms with van der Waals surface area (Å²) in [5.41, 5.74) is 0. The van der Waals surface area contributed by atoms with E-state index in [9.17, 15) is 0 Å². The van der Waals surface area contributed by atoms with E-state index in [0.717, 1.165) is 20.3 Å². The minimum Gasteiger partial charge on any atom is -0.400 e. The third-order valence-electron chi connectivity index (χ3n) is 0.827. The van der Waals surface area contributed by atoms with Gasteiger partial charge in [-0.05, 0) is 19.8 Å². The fourth-order valence-corrected chi connectivity index (χ4v) is 0.510. The number of aliphatic hydroxyl groups is 2. The molecule has 0 aromatic carbocycles. The monoisotopic (exact) mass is 150 g/mol. The minimum absolute atomic E-state index is 0.250. The highest BCUT2D eigenvalue weighted by atomic mass is 16.5. The first-order valence-corrected chi connectivity index (χ1v) is 3.55. The standard InChI is InChI=1S/C4H8O.C2H6O.CH4O/c1-2-4-5-3-1;1-2-3;1-2/h1-4H2;3H,2H2,1H3;2H,1H3. The van der Waals surface area contributed by atoms with Crippen molar-refractivity contribution in [1.29, 1.82) is 0 Å². The summed E-state index contributed by atoms with van der Waals surface area (Å²) in [6.07, 6.45) is 2.56. The molecule has 0 aromatic rings. The molecule has 0 radical (unpaired) electrons. The van der Waals surface area contributed by atoms with Crippen molar-refractivity contribution in [2.75, 3.05) is 26.9 Å². The van der Waals surface area contributed by atoms with E-state index in [2.05, 4.69) is 0 Å². The van der Waals surface area contributed by atoms with Gasteiger partial charge in [-0.3, -0.25) is 0 Å². The van der Waals surface area contributed by atoms with Crippen LogP contribution in [0.5, 0.6) is 0 Å². The van der Waals surface area contributed by atoms with Crippen LogP contribution in [0.15, 0.2) is 0 Å². The third-order valence-corrected chi connectivity index (χ3v) is 0.827. The van der Waals surface area contributed by atoms with Crippen molar-refractivity contribution in [1.82, 2.24) is 0 Å². The van der Waals surface area contributed by atoms with Gasteiger partial charge in [-0.25, -0.2) is 0 Å². The van der Waals surface area contributed by atoms with Gasteiger partial charge in [0.2, 0.25) is 0 Å². The lowest BCUT2D eigenvalue weighted by atomic mass is 10.4. The predicted molar refractivity (Wildman–Crippen MR) is 41.0 cm³/mol. The first-order chi connectivity index (χ1) is 4.91. The molecule has 1 aliphatic rings. The van der Waals surface area contributed by atoms with Gasteiger partial charge in [0.1, 0.15) is 0 Å². The van der Waals surface area contributed by atoms with E-state index in [1.165, 1.54) is 12.8 Å². The first kappa shape index (κ1) is 12.5. The van der Waals surface area contributed by atoms with E-state index in [1.54, 1.807) is 6.92 Å². The Morgan fingerprint density at radius 3 is 1.60 bits per heavy atom. The summed E-state index contributed by atoms with van der Waals surface area (Å²) in [4.78, 5) is 0. The van der Waals surface area contributed by atoms with Crippen LogP contribution >= 0.6 is 0 Å². The molecule has 2 N–H and O–H groups in total. The van der Waals surface area contributed by atoms with Crippen molar-refractivity contribution >= 4 is 0 Å². The molecule has 0 saturated carbocycles. The van der Waals surface area contributed by atoms with Gasteiger partial charge in [0.25, 0.3) is 0 Å². The molecular weight excluding hydrogens is 132 g/mol. The van der Waals surface area contributed by atoms with Gasteiger partial charge in [-0.1, -0.05) is 0 Å². The van der Waals surface area contributed by atoms with Crippen LogP contribution in [-0.2, 0) is 4.74 Å². The topological polar surface area (TPSA) is 49.7 Å². The molecule has 0 spiro atoms. The quantitative estimate of drug-likeness (QED) is 0.525. The molecule has 3 heteroatoms. The molecule has 1 rings (SSSR count). The SMILES string of the molecule is C1CCOC1.CCO.CO. The lowest BCUT2D eigenvalue weighted by Gasteiger charge is -1.76. The van der Waals surface area contributed by atoms with Gasteiger partial charge in [-0.2, -0.15) is 0 Å². The van der Waals surface area contributed by atoms with Gasteiger partial charge in [0, 0.05) is 26.9 Å². The fourth-order valence-electron chi connectivity index (χ4n) is 0.510. The summed E-state index contributed by atoms with van der Waals surface area (Å²) in [5.74, 6) is 0. The van der Waals surface area contributed by atoms with E-state index >= 15 is 0 Å². The summed E-state index contributed by atoms with van der Waals surface area (Å²) < 4.78 is 4.94. The van der Waals surface area contributed by atoms with E-state index in [0.29, 0.717) is 0 Å². The average Bonchev–Trinajstić information content (AvgIpc) is 2.48.